The molecule has 0 aliphatic carbocycles. The Morgan fingerprint density at radius 3 is 1.48 bits per heavy atom. The molecule has 298 valence electrons. The Kier molecular flexibility index (Phi) is 8.15. The highest BCUT2D eigenvalue weighted by Gasteiger charge is 2.21. The van der Waals surface area contributed by atoms with Crippen LogP contribution >= 0.6 is 0 Å². The van der Waals surface area contributed by atoms with Gasteiger partial charge >= 0.3 is 0 Å². The van der Waals surface area contributed by atoms with Gasteiger partial charge in [0.1, 0.15) is 0 Å². The van der Waals surface area contributed by atoms with E-state index in [1.165, 1.54) is 38.0 Å². The quantitative estimate of drug-likeness (QED) is 0.168. The van der Waals surface area contributed by atoms with Gasteiger partial charge in [-0.2, -0.15) is 0 Å². The number of hydrogen-bond acceptors (Lipinski definition) is 3. The van der Waals surface area contributed by atoms with Crippen LogP contribution in [0, 0.1) is 0 Å². The SMILES string of the molecule is c1ccc(-c2cccc(-c3nc(-c4ccccc4)nc(-c4cc5ccccc5cc4-n4c5ccccc5c5cc6cc(-n7c8ccccc8c8ccccc87)ccc6cc54)n3)c2)cc1. The zero-order valence-electron chi connectivity index (χ0n) is 34.6. The molecule has 0 N–H and O–H groups in total. The highest BCUT2D eigenvalue weighted by atomic mass is 15.1. The van der Waals surface area contributed by atoms with E-state index in [2.05, 4.69) is 209 Å². The maximum Gasteiger partial charge on any atom is 0.166 e. The number of para-hydroxylation sites is 3. The van der Waals surface area contributed by atoms with E-state index in [1.54, 1.807) is 0 Å². The number of hydrogen-bond donors (Lipinski definition) is 0. The third-order valence-corrected chi connectivity index (χ3v) is 12.7. The fourth-order valence-electron chi connectivity index (χ4n) is 9.70. The fourth-order valence-corrected chi connectivity index (χ4v) is 9.70. The maximum atomic E-state index is 5.36. The van der Waals surface area contributed by atoms with Crippen LogP contribution in [0.25, 0.3) is 122 Å². The predicted molar refractivity (Wildman–Crippen MR) is 265 cm³/mol. The first-order chi connectivity index (χ1) is 31.7. The fraction of sp³-hybridized carbons (Fsp3) is 0. The van der Waals surface area contributed by atoms with Crippen molar-refractivity contribution in [3.05, 3.63) is 224 Å². The summed E-state index contributed by atoms with van der Waals surface area (Å²) in [5.41, 5.74) is 11.8. The van der Waals surface area contributed by atoms with Gasteiger partial charge in [0.15, 0.2) is 17.5 Å². The zero-order chi connectivity index (χ0) is 42.1. The van der Waals surface area contributed by atoms with Gasteiger partial charge in [0.2, 0.25) is 0 Å². The van der Waals surface area contributed by atoms with Crippen LogP contribution in [0.2, 0.25) is 0 Å². The molecule has 0 unspecified atom stereocenters. The average molecular weight is 816 g/mol. The lowest BCUT2D eigenvalue weighted by molar-refractivity contribution is 1.07. The van der Waals surface area contributed by atoms with Crippen molar-refractivity contribution in [2.75, 3.05) is 0 Å². The van der Waals surface area contributed by atoms with Gasteiger partial charge in [0, 0.05) is 43.9 Å². The summed E-state index contributed by atoms with van der Waals surface area (Å²) < 4.78 is 4.80. The maximum absolute atomic E-state index is 5.36. The summed E-state index contributed by atoms with van der Waals surface area (Å²) in [6.45, 7) is 0. The Balaban J connectivity index is 1.05. The van der Waals surface area contributed by atoms with Crippen molar-refractivity contribution < 1.29 is 0 Å². The molecule has 5 heteroatoms. The van der Waals surface area contributed by atoms with Crippen LogP contribution in [0.15, 0.2) is 224 Å². The first kappa shape index (κ1) is 36.0. The van der Waals surface area contributed by atoms with E-state index in [-0.39, 0.29) is 0 Å². The minimum absolute atomic E-state index is 0.609. The lowest BCUT2D eigenvalue weighted by atomic mass is 10.0. The molecule has 3 heterocycles. The summed E-state index contributed by atoms with van der Waals surface area (Å²) in [5.74, 6) is 1.85. The van der Waals surface area contributed by atoms with Gasteiger partial charge in [-0.25, -0.2) is 15.0 Å². The summed E-state index contributed by atoms with van der Waals surface area (Å²) in [4.78, 5) is 15.8. The van der Waals surface area contributed by atoms with Crippen molar-refractivity contribution in [1.82, 2.24) is 24.1 Å². The molecule has 13 rings (SSSR count). The molecule has 0 amide bonds. The van der Waals surface area contributed by atoms with E-state index in [0.29, 0.717) is 17.5 Å². The highest BCUT2D eigenvalue weighted by molar-refractivity contribution is 6.15. The monoisotopic (exact) mass is 815 g/mol. The van der Waals surface area contributed by atoms with E-state index in [4.69, 9.17) is 15.0 Å². The van der Waals surface area contributed by atoms with Gasteiger partial charge in [-0.05, 0) is 93.3 Å². The first-order valence-corrected chi connectivity index (χ1v) is 21.7. The van der Waals surface area contributed by atoms with Crippen LogP contribution < -0.4 is 0 Å². The smallest absolute Gasteiger partial charge is 0.166 e. The number of rotatable bonds is 6. The third-order valence-electron chi connectivity index (χ3n) is 12.7. The molecular formula is C59H37N5. The summed E-state index contributed by atoms with van der Waals surface area (Å²) in [5, 5.41) is 9.46. The van der Waals surface area contributed by atoms with E-state index >= 15 is 0 Å². The van der Waals surface area contributed by atoms with Crippen molar-refractivity contribution >= 4 is 65.2 Å². The van der Waals surface area contributed by atoms with Crippen molar-refractivity contribution in [2.45, 2.75) is 0 Å². The molecule has 3 aromatic heterocycles. The van der Waals surface area contributed by atoms with E-state index in [0.717, 1.165) is 66.4 Å². The summed E-state index contributed by atoms with van der Waals surface area (Å²) in [6, 6.07) is 80.0. The molecule has 0 aliphatic rings. The number of aromatic nitrogens is 5. The van der Waals surface area contributed by atoms with Crippen LogP contribution in [-0.4, -0.2) is 24.1 Å². The molecule has 0 bridgehead atoms. The first-order valence-electron chi connectivity index (χ1n) is 21.7. The predicted octanol–water partition coefficient (Wildman–Crippen LogP) is 15.0. The molecule has 0 radical (unpaired) electrons. The van der Waals surface area contributed by atoms with E-state index < -0.39 is 0 Å². The molecule has 13 aromatic rings. The molecule has 0 aliphatic heterocycles. The molecule has 64 heavy (non-hydrogen) atoms. The van der Waals surface area contributed by atoms with Gasteiger partial charge in [-0.3, -0.25) is 0 Å². The number of benzene rings is 10. The summed E-state index contributed by atoms with van der Waals surface area (Å²) in [6.07, 6.45) is 0. The Morgan fingerprint density at radius 2 is 0.781 bits per heavy atom. The van der Waals surface area contributed by atoms with Crippen molar-refractivity contribution in [1.29, 1.82) is 0 Å². The van der Waals surface area contributed by atoms with Gasteiger partial charge in [0.05, 0.1) is 27.8 Å². The van der Waals surface area contributed by atoms with Crippen LogP contribution in [0.4, 0.5) is 0 Å². The van der Waals surface area contributed by atoms with Crippen molar-refractivity contribution in [2.24, 2.45) is 0 Å². The Labute approximate surface area is 368 Å². The van der Waals surface area contributed by atoms with E-state index in [9.17, 15) is 0 Å². The second-order valence-electron chi connectivity index (χ2n) is 16.5. The molecule has 0 fully saturated rings. The van der Waals surface area contributed by atoms with Crippen LogP contribution in [0.3, 0.4) is 0 Å². The number of nitrogens with zero attached hydrogens (tertiary/aromatic N) is 5. The van der Waals surface area contributed by atoms with Gasteiger partial charge in [0.25, 0.3) is 0 Å². The Morgan fingerprint density at radius 1 is 0.266 bits per heavy atom. The topological polar surface area (TPSA) is 48.5 Å². The van der Waals surface area contributed by atoms with Gasteiger partial charge in [-0.15, -0.1) is 0 Å². The minimum Gasteiger partial charge on any atom is -0.309 e. The van der Waals surface area contributed by atoms with Gasteiger partial charge < -0.3 is 9.13 Å². The number of fused-ring (bicyclic) bond motifs is 8. The van der Waals surface area contributed by atoms with Gasteiger partial charge in [-0.1, -0.05) is 164 Å². The molecule has 0 atom stereocenters. The normalized spacial score (nSPS) is 11.8. The lowest BCUT2D eigenvalue weighted by Crippen LogP contribution is -2.04. The third kappa shape index (κ3) is 5.83. The second-order valence-corrected chi connectivity index (χ2v) is 16.5. The minimum atomic E-state index is 0.609. The molecule has 0 saturated heterocycles. The zero-order valence-corrected chi connectivity index (χ0v) is 34.6. The van der Waals surface area contributed by atoms with Crippen LogP contribution in [0.1, 0.15) is 0 Å². The standard InChI is InChI=1S/C59H37N5/c1-3-16-38(17-4-1)40-22-15-23-44(32-40)58-60-57(39-18-5-2-6-19-39)61-59(62-58)51-34-41-20-7-8-21-42(41)36-56(51)64-54-29-14-11-26-49(54)50-35-45-33-46(31-30-43(45)37-55(50)64)63-52-27-12-9-24-47(52)48-25-10-13-28-53(48)63/h1-37H. The summed E-state index contributed by atoms with van der Waals surface area (Å²) >= 11 is 0. The summed E-state index contributed by atoms with van der Waals surface area (Å²) in [7, 11) is 0. The molecule has 0 saturated carbocycles. The van der Waals surface area contributed by atoms with Crippen LogP contribution in [-0.2, 0) is 0 Å². The Hall–Kier alpha value is -8.67. The molecular weight excluding hydrogens is 779 g/mol. The average Bonchev–Trinajstić information content (AvgIpc) is 3.88. The van der Waals surface area contributed by atoms with Crippen LogP contribution in [0.5, 0.6) is 0 Å². The molecule has 5 nitrogen and oxygen atoms in total. The highest BCUT2D eigenvalue weighted by Crippen LogP contribution is 2.41. The largest absolute Gasteiger partial charge is 0.309 e. The Bertz CT molecular complexity index is 3900. The molecule has 10 aromatic carbocycles. The van der Waals surface area contributed by atoms with E-state index in [1.807, 2.05) is 24.3 Å². The van der Waals surface area contributed by atoms with Crippen molar-refractivity contribution in [3.8, 4) is 56.7 Å². The lowest BCUT2D eigenvalue weighted by Gasteiger charge is -2.16. The second kappa shape index (κ2) is 14.5. The molecule has 0 spiro atoms. The van der Waals surface area contributed by atoms with Crippen molar-refractivity contribution in [3.63, 3.8) is 0 Å².